The maximum absolute atomic E-state index is 13.6. The Morgan fingerprint density at radius 3 is 2.36 bits per heavy atom. The van der Waals surface area contributed by atoms with Crippen LogP contribution >= 0.6 is 0 Å². The van der Waals surface area contributed by atoms with Crippen LogP contribution in [0.3, 0.4) is 0 Å². The number of nitrogens with one attached hydrogen (secondary N) is 2. The Morgan fingerprint density at radius 1 is 0.970 bits per heavy atom. The Kier molecular flexibility index (Phi) is 6.69. The molecule has 1 aromatic heterocycles. The lowest BCUT2D eigenvalue weighted by Crippen LogP contribution is -2.37. The molecule has 33 heavy (non-hydrogen) atoms. The summed E-state index contributed by atoms with van der Waals surface area (Å²) in [6.45, 7) is 0.198. The van der Waals surface area contributed by atoms with Gasteiger partial charge in [-0.25, -0.2) is 9.37 Å². The van der Waals surface area contributed by atoms with Crippen LogP contribution in [-0.2, 0) is 12.7 Å². The molecule has 1 aliphatic carbocycles. The molecule has 0 aliphatic heterocycles. The van der Waals surface area contributed by atoms with E-state index in [4.69, 9.17) is 0 Å². The monoisotopic (exact) mass is 461 g/mol. The SMILES string of the molecule is CN(C)c1nc(NC2CCC(NCc3cc(F)cc(C(F)(F)F)c3)CC2)nc2ccccc12. The van der Waals surface area contributed by atoms with Gasteiger partial charge in [-0.1, -0.05) is 12.1 Å². The van der Waals surface area contributed by atoms with E-state index in [0.29, 0.717) is 17.6 Å². The molecule has 0 atom stereocenters. The van der Waals surface area contributed by atoms with E-state index < -0.39 is 17.6 Å². The molecule has 2 aromatic carbocycles. The van der Waals surface area contributed by atoms with E-state index >= 15 is 0 Å². The molecular weight excluding hydrogens is 434 g/mol. The number of hydrogen-bond acceptors (Lipinski definition) is 5. The molecule has 4 rings (SSSR count). The van der Waals surface area contributed by atoms with E-state index in [1.54, 1.807) is 0 Å². The van der Waals surface area contributed by atoms with Crippen molar-refractivity contribution in [1.29, 1.82) is 0 Å². The van der Waals surface area contributed by atoms with Gasteiger partial charge >= 0.3 is 6.18 Å². The summed E-state index contributed by atoms with van der Waals surface area (Å²) in [4.78, 5) is 11.3. The van der Waals surface area contributed by atoms with E-state index in [0.717, 1.165) is 54.5 Å². The third kappa shape index (κ3) is 5.71. The average molecular weight is 462 g/mol. The van der Waals surface area contributed by atoms with Crippen LogP contribution in [-0.4, -0.2) is 36.1 Å². The molecule has 3 aromatic rings. The summed E-state index contributed by atoms with van der Waals surface area (Å²) in [6, 6.07) is 10.9. The maximum atomic E-state index is 13.6. The highest BCUT2D eigenvalue weighted by Gasteiger charge is 2.31. The molecule has 0 saturated heterocycles. The summed E-state index contributed by atoms with van der Waals surface area (Å²) in [5.74, 6) is 0.571. The van der Waals surface area contributed by atoms with Gasteiger partial charge in [0, 0.05) is 38.1 Å². The topological polar surface area (TPSA) is 53.1 Å². The predicted octanol–water partition coefficient (Wildman–Crippen LogP) is 5.37. The van der Waals surface area contributed by atoms with Crippen LogP contribution in [0, 0.1) is 5.82 Å². The molecule has 0 unspecified atom stereocenters. The highest BCUT2D eigenvalue weighted by Crippen LogP contribution is 2.31. The van der Waals surface area contributed by atoms with Gasteiger partial charge in [0.25, 0.3) is 0 Å². The molecule has 5 nitrogen and oxygen atoms in total. The van der Waals surface area contributed by atoms with Crippen LogP contribution in [0.1, 0.15) is 36.8 Å². The van der Waals surface area contributed by atoms with Gasteiger partial charge in [0.05, 0.1) is 11.1 Å². The van der Waals surface area contributed by atoms with E-state index in [-0.39, 0.29) is 18.6 Å². The first-order valence-corrected chi connectivity index (χ1v) is 11.0. The van der Waals surface area contributed by atoms with E-state index in [9.17, 15) is 17.6 Å². The van der Waals surface area contributed by atoms with Gasteiger partial charge < -0.3 is 15.5 Å². The van der Waals surface area contributed by atoms with Crippen molar-refractivity contribution in [3.8, 4) is 0 Å². The molecule has 176 valence electrons. The zero-order valence-electron chi connectivity index (χ0n) is 18.6. The molecule has 1 aliphatic rings. The molecule has 0 bridgehead atoms. The summed E-state index contributed by atoms with van der Waals surface area (Å²) < 4.78 is 52.3. The van der Waals surface area contributed by atoms with E-state index in [1.807, 2.05) is 43.3 Å². The molecule has 2 N–H and O–H groups in total. The van der Waals surface area contributed by atoms with Gasteiger partial charge in [-0.2, -0.15) is 18.2 Å². The molecule has 1 heterocycles. The van der Waals surface area contributed by atoms with Crippen LogP contribution in [0.25, 0.3) is 10.9 Å². The van der Waals surface area contributed by atoms with Crippen molar-refractivity contribution in [2.24, 2.45) is 0 Å². The Labute approximate surface area is 190 Å². The van der Waals surface area contributed by atoms with Crippen molar-refractivity contribution in [2.45, 2.75) is 50.5 Å². The van der Waals surface area contributed by atoms with Crippen LogP contribution in [0.15, 0.2) is 42.5 Å². The second-order valence-corrected chi connectivity index (χ2v) is 8.70. The average Bonchev–Trinajstić information content (AvgIpc) is 2.77. The molecular formula is C24H27F4N5. The van der Waals surface area contributed by atoms with Crippen molar-refractivity contribution in [3.63, 3.8) is 0 Å². The minimum atomic E-state index is -4.56. The molecule has 0 radical (unpaired) electrons. The van der Waals surface area contributed by atoms with Crippen molar-refractivity contribution < 1.29 is 17.6 Å². The number of nitrogens with zero attached hydrogens (tertiary/aromatic N) is 3. The summed E-state index contributed by atoms with van der Waals surface area (Å²) in [6.07, 6.45) is -1.09. The van der Waals surface area contributed by atoms with Crippen LogP contribution in [0.4, 0.5) is 29.3 Å². The Morgan fingerprint density at radius 2 is 1.67 bits per heavy atom. The Hall–Kier alpha value is -2.94. The standard InChI is InChI=1S/C24H27F4N5/c1-33(2)22-20-5-3-4-6-21(20)31-23(32-22)30-19-9-7-18(8-10-19)29-14-15-11-16(24(26,27)28)13-17(25)12-15/h3-6,11-13,18-19,29H,7-10,14H2,1-2H3,(H,30,31,32). The summed E-state index contributed by atoms with van der Waals surface area (Å²) >= 11 is 0. The molecule has 0 spiro atoms. The Balaban J connectivity index is 1.34. The quantitative estimate of drug-likeness (QED) is 0.484. The van der Waals surface area contributed by atoms with Crippen LogP contribution < -0.4 is 15.5 Å². The molecule has 1 saturated carbocycles. The fourth-order valence-electron chi connectivity index (χ4n) is 4.27. The first kappa shape index (κ1) is 23.2. The number of halogens is 4. The Bertz CT molecular complexity index is 1110. The van der Waals surface area contributed by atoms with Crippen LogP contribution in [0.5, 0.6) is 0 Å². The van der Waals surface area contributed by atoms with Gasteiger partial charge in [0.1, 0.15) is 11.6 Å². The third-order valence-electron chi connectivity index (χ3n) is 5.95. The molecule has 0 amide bonds. The van der Waals surface area contributed by atoms with Crippen molar-refractivity contribution in [3.05, 3.63) is 59.4 Å². The van der Waals surface area contributed by atoms with E-state index in [1.165, 1.54) is 0 Å². The number of para-hydroxylation sites is 1. The lowest BCUT2D eigenvalue weighted by atomic mass is 9.91. The molecule has 9 heteroatoms. The fourth-order valence-corrected chi connectivity index (χ4v) is 4.27. The lowest BCUT2D eigenvalue weighted by molar-refractivity contribution is -0.137. The molecule has 1 fully saturated rings. The van der Waals surface area contributed by atoms with Gasteiger partial charge in [0.15, 0.2) is 0 Å². The summed E-state index contributed by atoms with van der Waals surface area (Å²) in [5, 5.41) is 7.71. The number of alkyl halides is 3. The van der Waals surface area contributed by atoms with Crippen LogP contribution in [0.2, 0.25) is 0 Å². The fraction of sp³-hybridized carbons (Fsp3) is 0.417. The number of aromatic nitrogens is 2. The number of benzene rings is 2. The second kappa shape index (κ2) is 9.51. The van der Waals surface area contributed by atoms with Gasteiger partial charge in [-0.05, 0) is 61.6 Å². The smallest absolute Gasteiger partial charge is 0.362 e. The zero-order chi connectivity index (χ0) is 23.6. The lowest BCUT2D eigenvalue weighted by Gasteiger charge is -2.30. The highest BCUT2D eigenvalue weighted by molar-refractivity contribution is 5.90. The normalized spacial score (nSPS) is 19.0. The number of hydrogen-bond donors (Lipinski definition) is 2. The number of anilines is 2. The highest BCUT2D eigenvalue weighted by atomic mass is 19.4. The third-order valence-corrected chi connectivity index (χ3v) is 5.95. The first-order valence-electron chi connectivity index (χ1n) is 11.0. The minimum Gasteiger partial charge on any atom is -0.362 e. The number of fused-ring (bicyclic) bond motifs is 1. The van der Waals surface area contributed by atoms with Gasteiger partial charge in [0.2, 0.25) is 5.95 Å². The zero-order valence-corrected chi connectivity index (χ0v) is 18.6. The van der Waals surface area contributed by atoms with Crippen molar-refractivity contribution >= 4 is 22.7 Å². The number of rotatable bonds is 6. The van der Waals surface area contributed by atoms with E-state index in [2.05, 4.69) is 20.6 Å². The van der Waals surface area contributed by atoms with Gasteiger partial charge in [-0.3, -0.25) is 0 Å². The largest absolute Gasteiger partial charge is 0.416 e. The minimum absolute atomic E-state index is 0.163. The first-order chi connectivity index (χ1) is 15.7. The van der Waals surface area contributed by atoms with Crippen molar-refractivity contribution in [1.82, 2.24) is 15.3 Å². The predicted molar refractivity (Wildman–Crippen MR) is 122 cm³/mol. The summed E-state index contributed by atoms with van der Waals surface area (Å²) in [5.41, 5.74) is 0.213. The van der Waals surface area contributed by atoms with Gasteiger partial charge in [-0.15, -0.1) is 0 Å². The summed E-state index contributed by atoms with van der Waals surface area (Å²) in [7, 11) is 3.90. The second-order valence-electron chi connectivity index (χ2n) is 8.70. The maximum Gasteiger partial charge on any atom is 0.416 e. The van der Waals surface area contributed by atoms with Crippen molar-refractivity contribution in [2.75, 3.05) is 24.3 Å².